The van der Waals surface area contributed by atoms with Crippen LogP contribution >= 0.6 is 0 Å². The lowest BCUT2D eigenvalue weighted by Crippen LogP contribution is -2.00. The Morgan fingerprint density at radius 3 is 2.72 bits per heavy atom. The van der Waals surface area contributed by atoms with E-state index in [0.29, 0.717) is 22.8 Å². The van der Waals surface area contributed by atoms with E-state index in [-0.39, 0.29) is 5.56 Å². The monoisotopic (exact) mass is 242 g/mol. The molecule has 0 amide bonds. The third kappa shape index (κ3) is 2.06. The molecule has 1 N–H and O–H groups in total. The van der Waals surface area contributed by atoms with Gasteiger partial charge in [-0.15, -0.1) is 0 Å². The first kappa shape index (κ1) is 11.8. The van der Waals surface area contributed by atoms with Gasteiger partial charge in [0, 0.05) is 18.0 Å². The van der Waals surface area contributed by atoms with Crippen LogP contribution in [0.4, 0.5) is 0 Å². The van der Waals surface area contributed by atoms with Gasteiger partial charge in [-0.25, -0.2) is 14.5 Å². The number of carboxylic acid groups (broad SMARTS) is 1. The number of nitriles is 1. The molecule has 0 atom stereocenters. The molecule has 2 heterocycles. The number of rotatable bonds is 2. The van der Waals surface area contributed by atoms with Gasteiger partial charge in [0.1, 0.15) is 5.56 Å². The fraction of sp³-hybridized carbons (Fsp3) is 0.167. The third-order valence-electron chi connectivity index (χ3n) is 2.43. The summed E-state index contributed by atoms with van der Waals surface area (Å²) in [4.78, 5) is 15.2. The van der Waals surface area contributed by atoms with Gasteiger partial charge >= 0.3 is 5.97 Å². The second-order valence-corrected chi connectivity index (χ2v) is 3.85. The third-order valence-corrected chi connectivity index (χ3v) is 2.43. The predicted molar refractivity (Wildman–Crippen MR) is 62.5 cm³/mol. The van der Waals surface area contributed by atoms with E-state index in [4.69, 9.17) is 10.4 Å². The molecule has 2 rings (SSSR count). The second kappa shape index (κ2) is 4.30. The molecule has 0 radical (unpaired) electrons. The van der Waals surface area contributed by atoms with Crippen molar-refractivity contribution in [2.45, 2.75) is 13.8 Å². The van der Waals surface area contributed by atoms with Gasteiger partial charge in [-0.05, 0) is 19.9 Å². The fourth-order valence-corrected chi connectivity index (χ4v) is 1.62. The molecule has 0 aliphatic carbocycles. The highest BCUT2D eigenvalue weighted by Crippen LogP contribution is 2.12. The largest absolute Gasteiger partial charge is 0.478 e. The Bertz CT molecular complexity index is 667. The Balaban J connectivity index is 2.56. The highest BCUT2D eigenvalue weighted by atomic mass is 16.4. The molecule has 0 aromatic carbocycles. The van der Waals surface area contributed by atoms with Crippen molar-refractivity contribution in [3.8, 4) is 11.9 Å². The van der Waals surface area contributed by atoms with Crippen molar-refractivity contribution in [2.24, 2.45) is 0 Å². The Labute approximate surface area is 103 Å². The average molecular weight is 242 g/mol. The van der Waals surface area contributed by atoms with Gasteiger partial charge in [0.25, 0.3) is 0 Å². The molecule has 6 nitrogen and oxygen atoms in total. The standard InChI is InChI=1S/C12H10N4O2/c1-7-3-9(5-13)4-11(14-7)16-6-10(12(17)18)8(2)15-16/h3-4,6H,1-2H3,(H,17,18). The number of carbonyl (C=O) groups is 1. The van der Waals surface area contributed by atoms with Crippen molar-refractivity contribution in [3.05, 3.63) is 40.8 Å². The van der Waals surface area contributed by atoms with Gasteiger partial charge in [-0.3, -0.25) is 0 Å². The molecule has 0 aliphatic rings. The van der Waals surface area contributed by atoms with Crippen LogP contribution in [0.3, 0.4) is 0 Å². The molecular weight excluding hydrogens is 232 g/mol. The zero-order chi connectivity index (χ0) is 13.3. The molecular formula is C12H10N4O2. The van der Waals surface area contributed by atoms with Crippen LogP contribution < -0.4 is 0 Å². The maximum atomic E-state index is 10.9. The number of aromatic carboxylic acids is 1. The van der Waals surface area contributed by atoms with Gasteiger partial charge in [-0.1, -0.05) is 0 Å². The molecule has 6 heteroatoms. The normalized spacial score (nSPS) is 10.1. The summed E-state index contributed by atoms with van der Waals surface area (Å²) in [5.74, 6) is -0.603. The van der Waals surface area contributed by atoms with Crippen molar-refractivity contribution >= 4 is 5.97 Å². The first-order valence-electron chi connectivity index (χ1n) is 5.20. The van der Waals surface area contributed by atoms with E-state index in [1.54, 1.807) is 26.0 Å². The lowest BCUT2D eigenvalue weighted by Gasteiger charge is -2.02. The van der Waals surface area contributed by atoms with Crippen LogP contribution in [0.2, 0.25) is 0 Å². The van der Waals surface area contributed by atoms with Crippen LogP contribution in [-0.2, 0) is 0 Å². The molecule has 2 aromatic heterocycles. The fourth-order valence-electron chi connectivity index (χ4n) is 1.62. The Morgan fingerprint density at radius 1 is 1.44 bits per heavy atom. The van der Waals surface area contributed by atoms with Gasteiger partial charge in [0.2, 0.25) is 0 Å². The summed E-state index contributed by atoms with van der Waals surface area (Å²) in [6.45, 7) is 3.37. The van der Waals surface area contributed by atoms with Gasteiger partial charge in [0.05, 0.1) is 17.3 Å². The number of nitrogens with zero attached hydrogens (tertiary/aromatic N) is 4. The van der Waals surface area contributed by atoms with Gasteiger partial charge in [0.15, 0.2) is 5.82 Å². The summed E-state index contributed by atoms with van der Waals surface area (Å²) < 4.78 is 1.37. The molecule has 18 heavy (non-hydrogen) atoms. The lowest BCUT2D eigenvalue weighted by molar-refractivity contribution is 0.0696. The molecule has 0 saturated heterocycles. The van der Waals surface area contributed by atoms with Crippen molar-refractivity contribution in [3.63, 3.8) is 0 Å². The smallest absolute Gasteiger partial charge is 0.339 e. The van der Waals surface area contributed by atoms with Crippen LogP contribution in [0.5, 0.6) is 0 Å². The Kier molecular flexibility index (Phi) is 2.81. The summed E-state index contributed by atoms with van der Waals surface area (Å²) in [6, 6.07) is 5.24. The predicted octanol–water partition coefficient (Wildman–Crippen LogP) is 1.45. The molecule has 0 spiro atoms. The molecule has 0 bridgehead atoms. The minimum atomic E-state index is -1.04. The van der Waals surface area contributed by atoms with E-state index in [2.05, 4.69) is 10.1 Å². The quantitative estimate of drug-likeness (QED) is 0.860. The Morgan fingerprint density at radius 2 is 2.17 bits per heavy atom. The lowest BCUT2D eigenvalue weighted by atomic mass is 10.2. The first-order valence-corrected chi connectivity index (χ1v) is 5.20. The number of aryl methyl sites for hydroxylation is 2. The molecule has 0 saturated carbocycles. The van der Waals surface area contributed by atoms with E-state index >= 15 is 0 Å². The summed E-state index contributed by atoms with van der Waals surface area (Å²) in [7, 11) is 0. The van der Waals surface area contributed by atoms with Crippen molar-refractivity contribution < 1.29 is 9.90 Å². The number of hydrogen-bond donors (Lipinski definition) is 1. The van der Waals surface area contributed by atoms with E-state index in [9.17, 15) is 4.79 Å². The zero-order valence-electron chi connectivity index (χ0n) is 9.88. The molecule has 0 aliphatic heterocycles. The summed E-state index contributed by atoms with van der Waals surface area (Å²) in [5, 5.41) is 21.9. The van der Waals surface area contributed by atoms with Crippen molar-refractivity contribution in [1.82, 2.24) is 14.8 Å². The number of aromatic nitrogens is 3. The van der Waals surface area contributed by atoms with Crippen LogP contribution in [0.1, 0.15) is 27.3 Å². The first-order chi connectivity index (χ1) is 8.51. The molecule has 0 unspecified atom stereocenters. The summed E-state index contributed by atoms with van der Waals surface area (Å²) in [5.41, 5.74) is 1.66. The number of hydrogen-bond acceptors (Lipinski definition) is 4. The molecule has 90 valence electrons. The highest BCUT2D eigenvalue weighted by Gasteiger charge is 2.13. The minimum absolute atomic E-state index is 0.122. The van der Waals surface area contributed by atoms with Gasteiger partial charge in [-0.2, -0.15) is 10.4 Å². The number of carboxylic acids is 1. The summed E-state index contributed by atoms with van der Waals surface area (Å²) >= 11 is 0. The topological polar surface area (TPSA) is 91.8 Å². The number of pyridine rings is 1. The highest BCUT2D eigenvalue weighted by molar-refractivity contribution is 5.88. The van der Waals surface area contributed by atoms with Crippen LogP contribution in [-0.4, -0.2) is 25.8 Å². The van der Waals surface area contributed by atoms with Gasteiger partial charge < -0.3 is 5.11 Å². The van der Waals surface area contributed by atoms with E-state index in [1.807, 2.05) is 6.07 Å². The zero-order valence-corrected chi connectivity index (χ0v) is 9.88. The molecule has 2 aromatic rings. The second-order valence-electron chi connectivity index (χ2n) is 3.85. The van der Waals surface area contributed by atoms with Crippen LogP contribution in [0.25, 0.3) is 5.82 Å². The maximum absolute atomic E-state index is 10.9. The summed E-state index contributed by atoms with van der Waals surface area (Å²) in [6.07, 6.45) is 1.39. The van der Waals surface area contributed by atoms with Crippen LogP contribution in [0.15, 0.2) is 18.3 Å². The van der Waals surface area contributed by atoms with Crippen molar-refractivity contribution in [1.29, 1.82) is 5.26 Å². The van der Waals surface area contributed by atoms with Crippen molar-refractivity contribution in [2.75, 3.05) is 0 Å². The minimum Gasteiger partial charge on any atom is -0.478 e. The average Bonchev–Trinajstić information content (AvgIpc) is 2.70. The Hall–Kier alpha value is -2.68. The van der Waals surface area contributed by atoms with E-state index in [0.717, 1.165) is 0 Å². The van der Waals surface area contributed by atoms with E-state index < -0.39 is 5.97 Å². The maximum Gasteiger partial charge on any atom is 0.339 e. The molecule has 0 fully saturated rings. The SMILES string of the molecule is Cc1cc(C#N)cc(-n2cc(C(=O)O)c(C)n2)n1. The van der Waals surface area contributed by atoms with E-state index in [1.165, 1.54) is 10.9 Å². The van der Waals surface area contributed by atoms with Crippen LogP contribution in [0, 0.1) is 25.2 Å².